The normalized spacial score (nSPS) is 11.0. The first-order chi connectivity index (χ1) is 13.2. The lowest BCUT2D eigenvalue weighted by Crippen LogP contribution is -2.37. The zero-order valence-electron chi connectivity index (χ0n) is 16.0. The summed E-state index contributed by atoms with van der Waals surface area (Å²) in [6.07, 6.45) is 0.985. The first-order valence-electron chi connectivity index (χ1n) is 8.71. The van der Waals surface area contributed by atoms with Crippen LogP contribution < -0.4 is 9.50 Å². The van der Waals surface area contributed by atoms with Crippen LogP contribution in [0.15, 0.2) is 48.5 Å². The molecule has 1 N–H and O–H groups in total. The van der Waals surface area contributed by atoms with Crippen molar-refractivity contribution in [2.24, 2.45) is 5.92 Å². The third-order valence-corrected chi connectivity index (χ3v) is 4.18. The third-order valence-electron chi connectivity index (χ3n) is 3.68. The Balaban J connectivity index is 2.09. The third kappa shape index (κ3) is 6.93. The molecule has 0 aliphatic carbocycles. The van der Waals surface area contributed by atoms with Gasteiger partial charge in [-0.2, -0.15) is 13.7 Å². The highest BCUT2D eigenvalue weighted by molar-refractivity contribution is 7.86. The van der Waals surface area contributed by atoms with E-state index in [9.17, 15) is 13.2 Å². The number of carbonyl (C=O) groups excluding carboxylic acids is 1. The van der Waals surface area contributed by atoms with Gasteiger partial charge < -0.3 is 14.4 Å². The average Bonchev–Trinajstić information content (AvgIpc) is 2.62. The Morgan fingerprint density at radius 3 is 2.25 bits per heavy atom. The second-order valence-electron chi connectivity index (χ2n) is 6.83. The maximum Gasteiger partial charge on any atom is 0.322 e. The SMILES string of the molecule is CC(C)CN(Cc1ccc(OS(C)(=O)=O)cc1)C(=O)Nc1ccc(C#N)cc1. The number of hydrogen-bond donors (Lipinski definition) is 1. The molecule has 8 heteroatoms. The summed E-state index contributed by atoms with van der Waals surface area (Å²) < 4.78 is 27.2. The number of amides is 2. The maximum atomic E-state index is 12.7. The summed E-state index contributed by atoms with van der Waals surface area (Å²) in [5.74, 6) is 0.489. The van der Waals surface area contributed by atoms with E-state index in [1.807, 2.05) is 19.9 Å². The topological polar surface area (TPSA) is 99.5 Å². The number of hydrogen-bond acceptors (Lipinski definition) is 5. The first-order valence-corrected chi connectivity index (χ1v) is 10.5. The van der Waals surface area contributed by atoms with Crippen LogP contribution in [0.4, 0.5) is 10.5 Å². The van der Waals surface area contributed by atoms with E-state index >= 15 is 0 Å². The molecule has 0 spiro atoms. The maximum absolute atomic E-state index is 12.7. The van der Waals surface area contributed by atoms with E-state index < -0.39 is 10.1 Å². The fourth-order valence-electron chi connectivity index (χ4n) is 2.54. The molecule has 0 aromatic heterocycles. The van der Waals surface area contributed by atoms with E-state index in [2.05, 4.69) is 5.32 Å². The van der Waals surface area contributed by atoms with Gasteiger partial charge in [0.05, 0.1) is 17.9 Å². The molecule has 148 valence electrons. The van der Waals surface area contributed by atoms with Gasteiger partial charge >= 0.3 is 16.1 Å². The van der Waals surface area contributed by atoms with Crippen molar-refractivity contribution in [1.29, 1.82) is 5.26 Å². The Morgan fingerprint density at radius 1 is 1.14 bits per heavy atom. The van der Waals surface area contributed by atoms with Crippen molar-refractivity contribution >= 4 is 21.8 Å². The van der Waals surface area contributed by atoms with Gasteiger partial charge in [0.1, 0.15) is 5.75 Å². The summed E-state index contributed by atoms with van der Waals surface area (Å²) in [7, 11) is -3.58. The first kappa shape index (κ1) is 21.3. The molecule has 0 fully saturated rings. The molecule has 0 aliphatic rings. The van der Waals surface area contributed by atoms with Gasteiger partial charge in [-0.15, -0.1) is 0 Å². The summed E-state index contributed by atoms with van der Waals surface area (Å²) in [5, 5.41) is 11.7. The lowest BCUT2D eigenvalue weighted by atomic mass is 10.1. The molecule has 2 aromatic carbocycles. The van der Waals surface area contributed by atoms with Gasteiger partial charge in [0.2, 0.25) is 0 Å². The average molecular weight is 401 g/mol. The smallest absolute Gasteiger partial charge is 0.322 e. The van der Waals surface area contributed by atoms with Gasteiger partial charge in [-0.25, -0.2) is 4.79 Å². The number of anilines is 1. The van der Waals surface area contributed by atoms with Crippen LogP contribution in [0.5, 0.6) is 5.75 Å². The van der Waals surface area contributed by atoms with Crippen molar-refractivity contribution in [3.8, 4) is 11.8 Å². The summed E-state index contributed by atoms with van der Waals surface area (Å²) in [5.41, 5.74) is 1.97. The zero-order chi connectivity index (χ0) is 20.7. The fraction of sp³-hybridized carbons (Fsp3) is 0.300. The van der Waals surface area contributed by atoms with Crippen molar-refractivity contribution in [3.63, 3.8) is 0 Å². The van der Waals surface area contributed by atoms with Crippen LogP contribution in [0.3, 0.4) is 0 Å². The molecular formula is C20H23N3O4S. The van der Waals surface area contributed by atoms with Gasteiger partial charge in [0, 0.05) is 18.8 Å². The molecule has 7 nitrogen and oxygen atoms in total. The standard InChI is InChI=1S/C20H23N3O4S/c1-15(2)13-23(20(24)22-18-8-4-16(12-21)5-9-18)14-17-6-10-19(11-7-17)27-28(3,25)26/h4-11,15H,13-14H2,1-3H3,(H,22,24). The lowest BCUT2D eigenvalue weighted by molar-refractivity contribution is 0.201. The van der Waals surface area contributed by atoms with E-state index in [0.29, 0.717) is 24.3 Å². The van der Waals surface area contributed by atoms with Crippen molar-refractivity contribution in [2.75, 3.05) is 18.1 Å². The second kappa shape index (κ2) is 9.24. The van der Waals surface area contributed by atoms with Crippen LogP contribution >= 0.6 is 0 Å². The minimum Gasteiger partial charge on any atom is -0.383 e. The van der Waals surface area contributed by atoms with Crippen LogP contribution in [0, 0.1) is 17.2 Å². The van der Waals surface area contributed by atoms with Gasteiger partial charge in [0.15, 0.2) is 0 Å². The number of urea groups is 1. The Morgan fingerprint density at radius 2 is 1.75 bits per heavy atom. The van der Waals surface area contributed by atoms with Crippen molar-refractivity contribution in [3.05, 3.63) is 59.7 Å². The predicted octanol–water partition coefficient (Wildman–Crippen LogP) is 3.59. The molecule has 0 radical (unpaired) electrons. The van der Waals surface area contributed by atoms with E-state index in [-0.39, 0.29) is 17.7 Å². The number of rotatable bonds is 7. The van der Waals surface area contributed by atoms with Gasteiger partial charge in [-0.05, 0) is 47.9 Å². The van der Waals surface area contributed by atoms with Gasteiger partial charge in [-0.3, -0.25) is 0 Å². The zero-order valence-corrected chi connectivity index (χ0v) is 16.9. The molecule has 0 saturated heterocycles. The van der Waals surface area contributed by atoms with Gasteiger partial charge in [-0.1, -0.05) is 26.0 Å². The number of nitrogens with one attached hydrogen (secondary N) is 1. The minimum absolute atomic E-state index is 0.226. The molecule has 0 unspecified atom stereocenters. The summed E-state index contributed by atoms with van der Waals surface area (Å²) in [4.78, 5) is 14.4. The Hall–Kier alpha value is -3.05. The van der Waals surface area contributed by atoms with Crippen molar-refractivity contribution in [1.82, 2.24) is 4.90 Å². The highest BCUT2D eigenvalue weighted by Gasteiger charge is 2.16. The molecule has 0 aliphatic heterocycles. The summed E-state index contributed by atoms with van der Waals surface area (Å²) >= 11 is 0. The largest absolute Gasteiger partial charge is 0.383 e. The monoisotopic (exact) mass is 401 g/mol. The van der Waals surface area contributed by atoms with Crippen molar-refractivity contribution < 1.29 is 17.4 Å². The molecule has 2 rings (SSSR count). The Labute approximate surface area is 165 Å². The van der Waals surface area contributed by atoms with Gasteiger partial charge in [0.25, 0.3) is 0 Å². The molecule has 0 heterocycles. The van der Waals surface area contributed by atoms with Crippen LogP contribution in [-0.2, 0) is 16.7 Å². The molecular weight excluding hydrogens is 378 g/mol. The number of benzene rings is 2. The number of nitrogens with zero attached hydrogens (tertiary/aromatic N) is 2. The highest BCUT2D eigenvalue weighted by Crippen LogP contribution is 2.17. The number of nitriles is 1. The minimum atomic E-state index is -3.58. The molecule has 0 bridgehead atoms. The molecule has 2 aromatic rings. The van der Waals surface area contributed by atoms with Crippen LogP contribution in [0.2, 0.25) is 0 Å². The second-order valence-corrected chi connectivity index (χ2v) is 8.40. The van der Waals surface area contributed by atoms with E-state index in [4.69, 9.17) is 9.44 Å². The fourth-order valence-corrected chi connectivity index (χ4v) is 3.00. The van der Waals surface area contributed by atoms with Crippen LogP contribution in [0.25, 0.3) is 0 Å². The number of carbonyl (C=O) groups is 1. The lowest BCUT2D eigenvalue weighted by Gasteiger charge is -2.25. The summed E-state index contributed by atoms with van der Waals surface area (Å²) in [6, 6.07) is 15.0. The molecule has 28 heavy (non-hydrogen) atoms. The van der Waals surface area contributed by atoms with E-state index in [1.165, 1.54) is 0 Å². The van der Waals surface area contributed by atoms with E-state index in [1.54, 1.807) is 53.4 Å². The molecule has 2 amide bonds. The molecule has 0 saturated carbocycles. The van der Waals surface area contributed by atoms with Crippen molar-refractivity contribution in [2.45, 2.75) is 20.4 Å². The Bertz CT molecular complexity index is 946. The van der Waals surface area contributed by atoms with E-state index in [0.717, 1.165) is 11.8 Å². The van der Waals surface area contributed by atoms with Crippen LogP contribution in [-0.4, -0.2) is 32.1 Å². The summed E-state index contributed by atoms with van der Waals surface area (Å²) in [6.45, 7) is 4.94. The quantitative estimate of drug-likeness (QED) is 0.715. The highest BCUT2D eigenvalue weighted by atomic mass is 32.2. The Kier molecular flexibility index (Phi) is 7.01. The van der Waals surface area contributed by atoms with Crippen LogP contribution in [0.1, 0.15) is 25.0 Å². The molecule has 0 atom stereocenters. The predicted molar refractivity (Wildman–Crippen MR) is 107 cm³/mol.